The van der Waals surface area contributed by atoms with Gasteiger partial charge in [0.25, 0.3) is 0 Å². The molecule has 0 N–H and O–H groups in total. The van der Waals surface area contributed by atoms with Crippen molar-refractivity contribution < 1.29 is 27.4 Å². The van der Waals surface area contributed by atoms with Crippen molar-refractivity contribution in [3.8, 4) is 34.5 Å². The fourth-order valence-corrected chi connectivity index (χ4v) is 8.69. The summed E-state index contributed by atoms with van der Waals surface area (Å²) in [6.07, 6.45) is 0.221. The minimum Gasteiger partial charge on any atom is -0.493 e. The van der Waals surface area contributed by atoms with Crippen LogP contribution in [-0.2, 0) is 26.0 Å². The predicted molar refractivity (Wildman–Crippen MR) is 172 cm³/mol. The molecule has 0 saturated carbocycles. The lowest BCUT2D eigenvalue weighted by atomic mass is 9.96. The lowest BCUT2D eigenvalue weighted by Gasteiger charge is -2.37. The van der Waals surface area contributed by atoms with Crippen molar-refractivity contribution in [3.63, 3.8) is 0 Å². The molecular formula is C35H36O6S2. The first-order valence-corrected chi connectivity index (χ1v) is 17.0. The van der Waals surface area contributed by atoms with Crippen LogP contribution in [0.4, 0.5) is 0 Å². The van der Waals surface area contributed by atoms with Crippen LogP contribution in [0.25, 0.3) is 21.2 Å². The number of carbonyl (C=O) groups is 1. The summed E-state index contributed by atoms with van der Waals surface area (Å²) in [5.74, 6) is 7.41. The van der Waals surface area contributed by atoms with Crippen LogP contribution in [0.2, 0.25) is 0 Å². The highest BCUT2D eigenvalue weighted by Gasteiger charge is 2.45. The maximum absolute atomic E-state index is 12.0. The molecule has 5 rings (SSSR count). The van der Waals surface area contributed by atoms with Gasteiger partial charge in [0.1, 0.15) is 18.1 Å². The number of rotatable bonds is 11. The molecule has 0 radical (unpaired) electrons. The summed E-state index contributed by atoms with van der Waals surface area (Å²) in [4.78, 5) is 12.0. The maximum Gasteiger partial charge on any atom is 0.307 e. The molecule has 1 fully saturated rings. The Bertz CT molecular complexity index is 1780. The zero-order chi connectivity index (χ0) is 30.6. The molecule has 0 unspecified atom stereocenters. The van der Waals surface area contributed by atoms with E-state index < -0.39 is 9.84 Å². The molecule has 0 spiro atoms. The van der Waals surface area contributed by atoms with Gasteiger partial charge in [-0.3, -0.25) is 4.79 Å². The summed E-state index contributed by atoms with van der Waals surface area (Å²) in [7, 11) is -2.90. The number of esters is 1. The topological polar surface area (TPSA) is 78.9 Å². The van der Waals surface area contributed by atoms with Gasteiger partial charge in [-0.15, -0.1) is 17.3 Å². The molecule has 43 heavy (non-hydrogen) atoms. The molecule has 0 aliphatic carbocycles. The standard InChI is InChI=1S/C35H36O6S2/c1-5-7-27(18-34(36)39-6-2)26-9-11-28(12-10-26)40-19-25-8-15-33-31(17-25)32(20-42-33)30-14-13-29(16-24(30)3)41-21-35(4)22-43(37,38)23-35/h8-17,20,27H,6,18-19,21-23H2,1-4H3/t27-/m0/s1. The number of sulfone groups is 1. The zero-order valence-electron chi connectivity index (χ0n) is 24.9. The van der Waals surface area contributed by atoms with E-state index >= 15 is 0 Å². The third-order valence-electron chi connectivity index (χ3n) is 7.53. The summed E-state index contributed by atoms with van der Waals surface area (Å²) >= 11 is 1.71. The zero-order valence-corrected chi connectivity index (χ0v) is 26.6. The third-order valence-corrected chi connectivity index (χ3v) is 10.8. The van der Waals surface area contributed by atoms with Gasteiger partial charge < -0.3 is 14.2 Å². The lowest BCUT2D eigenvalue weighted by Crippen LogP contribution is -2.50. The number of fused-ring (bicyclic) bond motifs is 1. The van der Waals surface area contributed by atoms with E-state index in [4.69, 9.17) is 14.2 Å². The maximum atomic E-state index is 12.0. The summed E-state index contributed by atoms with van der Waals surface area (Å²) in [6, 6.07) is 20.2. The first kappa shape index (κ1) is 30.7. The Morgan fingerprint density at radius 3 is 2.42 bits per heavy atom. The fraction of sp³-hybridized carbons (Fsp3) is 0.343. The Morgan fingerprint density at radius 2 is 1.74 bits per heavy atom. The third kappa shape index (κ3) is 7.41. The van der Waals surface area contributed by atoms with E-state index in [2.05, 4.69) is 48.4 Å². The summed E-state index contributed by atoms with van der Waals surface area (Å²) in [5.41, 5.74) is 5.10. The first-order chi connectivity index (χ1) is 20.6. The second-order valence-electron chi connectivity index (χ2n) is 11.4. The van der Waals surface area contributed by atoms with Crippen molar-refractivity contribution in [1.29, 1.82) is 0 Å². The number of benzene rings is 3. The van der Waals surface area contributed by atoms with Gasteiger partial charge in [0, 0.05) is 21.1 Å². The number of hydrogen-bond donors (Lipinski definition) is 0. The molecule has 1 aromatic heterocycles. The van der Waals surface area contributed by atoms with E-state index in [-0.39, 0.29) is 35.2 Å². The molecule has 3 aromatic carbocycles. The molecule has 0 bridgehead atoms. The van der Waals surface area contributed by atoms with E-state index in [0.717, 1.165) is 39.3 Å². The van der Waals surface area contributed by atoms with Gasteiger partial charge in [-0.1, -0.05) is 37.1 Å². The van der Waals surface area contributed by atoms with Crippen LogP contribution in [0.5, 0.6) is 11.5 Å². The molecule has 224 valence electrons. The van der Waals surface area contributed by atoms with Gasteiger partial charge in [-0.25, -0.2) is 8.42 Å². The summed E-state index contributed by atoms with van der Waals surface area (Å²) < 4.78 is 41.6. The van der Waals surface area contributed by atoms with Crippen LogP contribution >= 0.6 is 11.3 Å². The molecular weight excluding hydrogens is 581 g/mol. The average molecular weight is 617 g/mol. The van der Waals surface area contributed by atoms with Gasteiger partial charge in [0.05, 0.1) is 37.1 Å². The van der Waals surface area contributed by atoms with Gasteiger partial charge in [0.2, 0.25) is 0 Å². The Hall–Kier alpha value is -3.80. The van der Waals surface area contributed by atoms with Crippen LogP contribution in [-0.4, -0.2) is 39.1 Å². The van der Waals surface area contributed by atoms with Crippen molar-refractivity contribution in [2.45, 2.75) is 46.6 Å². The van der Waals surface area contributed by atoms with Crippen LogP contribution < -0.4 is 9.47 Å². The Kier molecular flexibility index (Phi) is 9.14. The molecule has 0 amide bonds. The van der Waals surface area contributed by atoms with Crippen LogP contribution in [0.1, 0.15) is 49.8 Å². The molecule has 4 aromatic rings. The molecule has 1 saturated heterocycles. The fourth-order valence-electron chi connectivity index (χ4n) is 5.54. The normalized spacial score (nSPS) is 15.5. The van der Waals surface area contributed by atoms with Gasteiger partial charge in [-0.2, -0.15) is 0 Å². The number of aryl methyl sites for hydroxylation is 1. The summed E-state index contributed by atoms with van der Waals surface area (Å²) in [6.45, 7) is 8.76. The molecule has 1 aliphatic rings. The molecule has 6 nitrogen and oxygen atoms in total. The number of thiophene rings is 1. The van der Waals surface area contributed by atoms with Crippen LogP contribution in [0, 0.1) is 24.2 Å². The SMILES string of the molecule is CC#C[C@@H](CC(=O)OCC)c1ccc(OCc2ccc3scc(-c4ccc(OCC5(C)CS(=O)(=O)C5)cc4C)c3c2)cc1. The molecule has 8 heteroatoms. The van der Waals surface area contributed by atoms with Gasteiger partial charge in [0.15, 0.2) is 9.84 Å². The minimum absolute atomic E-state index is 0.182. The van der Waals surface area contributed by atoms with Crippen molar-refractivity contribution in [1.82, 2.24) is 0 Å². The number of ether oxygens (including phenoxy) is 3. The summed E-state index contributed by atoms with van der Waals surface area (Å²) in [5, 5.41) is 3.36. The van der Waals surface area contributed by atoms with Crippen molar-refractivity contribution in [2.24, 2.45) is 5.41 Å². The van der Waals surface area contributed by atoms with Crippen LogP contribution in [0.15, 0.2) is 66.0 Å². The van der Waals surface area contributed by atoms with Crippen LogP contribution in [0.3, 0.4) is 0 Å². The highest BCUT2D eigenvalue weighted by atomic mass is 32.2. The van der Waals surface area contributed by atoms with E-state index in [0.29, 0.717) is 19.8 Å². The lowest BCUT2D eigenvalue weighted by molar-refractivity contribution is -0.143. The van der Waals surface area contributed by atoms with Gasteiger partial charge in [-0.05, 0) is 84.8 Å². The highest BCUT2D eigenvalue weighted by molar-refractivity contribution is 7.92. The van der Waals surface area contributed by atoms with Gasteiger partial charge >= 0.3 is 5.97 Å². The van der Waals surface area contributed by atoms with Crippen molar-refractivity contribution in [2.75, 3.05) is 24.7 Å². The van der Waals surface area contributed by atoms with Crippen molar-refractivity contribution in [3.05, 3.63) is 82.7 Å². The van der Waals surface area contributed by atoms with E-state index in [9.17, 15) is 13.2 Å². The number of hydrogen-bond acceptors (Lipinski definition) is 7. The molecule has 1 atom stereocenters. The Morgan fingerprint density at radius 1 is 1.00 bits per heavy atom. The van der Waals surface area contributed by atoms with Crippen molar-refractivity contribution >= 4 is 37.2 Å². The minimum atomic E-state index is -2.90. The highest BCUT2D eigenvalue weighted by Crippen LogP contribution is 2.38. The quantitative estimate of drug-likeness (QED) is 0.130. The first-order valence-electron chi connectivity index (χ1n) is 14.3. The predicted octanol–water partition coefficient (Wildman–Crippen LogP) is 7.33. The second kappa shape index (κ2) is 12.8. The van der Waals surface area contributed by atoms with E-state index in [1.807, 2.05) is 43.3 Å². The Labute approximate surface area is 257 Å². The van der Waals surface area contributed by atoms with E-state index in [1.54, 1.807) is 25.2 Å². The molecule has 1 aliphatic heterocycles. The number of carbonyl (C=O) groups excluding carboxylic acids is 1. The Balaban J connectivity index is 1.25. The monoisotopic (exact) mass is 616 g/mol. The largest absolute Gasteiger partial charge is 0.493 e. The smallest absolute Gasteiger partial charge is 0.307 e. The second-order valence-corrected chi connectivity index (χ2v) is 14.4. The average Bonchev–Trinajstić information content (AvgIpc) is 3.37. The molecule has 2 heterocycles. The van der Waals surface area contributed by atoms with E-state index in [1.165, 1.54) is 10.1 Å².